The molecule has 2 nitrogen and oxygen atoms in total. The lowest BCUT2D eigenvalue weighted by Gasteiger charge is -2.34. The van der Waals surface area contributed by atoms with Gasteiger partial charge in [0.2, 0.25) is 0 Å². The van der Waals surface area contributed by atoms with Crippen molar-refractivity contribution >= 4 is 19.2 Å². The van der Waals surface area contributed by atoms with Gasteiger partial charge in [0.15, 0.2) is 0 Å². The zero-order valence-electron chi connectivity index (χ0n) is 16.6. The quantitative estimate of drug-likeness (QED) is 0.315. The number of carbonyl (C=O) groups excluding carboxylic acids is 1. The zero-order chi connectivity index (χ0) is 20.1. The molecule has 0 amide bonds. The number of carbonyl (C=O) groups is 1. The van der Waals surface area contributed by atoms with Crippen LogP contribution in [-0.4, -0.2) is 18.7 Å². The average Bonchev–Trinajstić information content (AvgIpc) is 3.15. The SMILES string of the molecule is CCOC(=O)/C=C1/P(c2ccccc2)CCC1(c1ccccc1)c1ccccc1. The average molecular weight is 400 g/mol. The van der Waals surface area contributed by atoms with Crippen LogP contribution >= 0.6 is 7.92 Å². The van der Waals surface area contributed by atoms with Gasteiger partial charge >= 0.3 is 5.97 Å². The van der Waals surface area contributed by atoms with E-state index in [1.807, 2.05) is 25.1 Å². The van der Waals surface area contributed by atoms with E-state index in [1.165, 1.54) is 21.7 Å². The molecule has 0 aliphatic carbocycles. The van der Waals surface area contributed by atoms with Crippen molar-refractivity contribution in [3.8, 4) is 0 Å². The second kappa shape index (κ2) is 8.76. The third-order valence-corrected chi connectivity index (χ3v) is 8.27. The van der Waals surface area contributed by atoms with Gasteiger partial charge in [0.05, 0.1) is 6.61 Å². The predicted octanol–water partition coefficient (Wildman–Crippen LogP) is 5.63. The molecule has 1 aliphatic heterocycles. The van der Waals surface area contributed by atoms with Crippen LogP contribution in [-0.2, 0) is 14.9 Å². The maximum absolute atomic E-state index is 12.6. The fourth-order valence-electron chi connectivity index (χ4n) is 4.33. The highest BCUT2D eigenvalue weighted by atomic mass is 31.1. The van der Waals surface area contributed by atoms with E-state index in [2.05, 4.69) is 72.8 Å². The van der Waals surface area contributed by atoms with Crippen molar-refractivity contribution in [2.75, 3.05) is 12.8 Å². The molecule has 1 heterocycles. The summed E-state index contributed by atoms with van der Waals surface area (Å²) in [4.78, 5) is 12.6. The summed E-state index contributed by atoms with van der Waals surface area (Å²) in [6, 6.07) is 31.8. The Balaban J connectivity index is 1.94. The molecule has 0 saturated carbocycles. The van der Waals surface area contributed by atoms with Crippen LogP contribution in [0, 0.1) is 0 Å². The summed E-state index contributed by atoms with van der Waals surface area (Å²) in [6.45, 7) is 2.24. The third kappa shape index (κ3) is 3.78. The molecular formula is C26H25O2P. The Hall–Kier alpha value is -2.70. The van der Waals surface area contributed by atoms with Crippen LogP contribution in [0.25, 0.3) is 0 Å². The Morgan fingerprint density at radius 2 is 1.41 bits per heavy atom. The summed E-state index contributed by atoms with van der Waals surface area (Å²) in [5, 5.41) is 2.50. The molecule has 0 radical (unpaired) electrons. The van der Waals surface area contributed by atoms with E-state index in [-0.39, 0.29) is 11.4 Å². The Morgan fingerprint density at radius 3 is 1.93 bits per heavy atom. The summed E-state index contributed by atoms with van der Waals surface area (Å²) in [5.74, 6) is -0.246. The van der Waals surface area contributed by atoms with Crippen LogP contribution in [0.3, 0.4) is 0 Å². The van der Waals surface area contributed by atoms with Crippen molar-refractivity contribution in [2.24, 2.45) is 0 Å². The van der Waals surface area contributed by atoms with Gasteiger partial charge in [-0.1, -0.05) is 91.0 Å². The number of rotatable bonds is 5. The molecular weight excluding hydrogens is 375 g/mol. The first kappa shape index (κ1) is 19.6. The van der Waals surface area contributed by atoms with Crippen LogP contribution in [0.5, 0.6) is 0 Å². The number of hydrogen-bond donors (Lipinski definition) is 0. The Bertz CT molecular complexity index is 941. The van der Waals surface area contributed by atoms with Gasteiger partial charge in [0, 0.05) is 11.5 Å². The van der Waals surface area contributed by atoms with Crippen molar-refractivity contribution in [1.82, 2.24) is 0 Å². The summed E-state index contributed by atoms with van der Waals surface area (Å²) >= 11 is 0. The van der Waals surface area contributed by atoms with E-state index in [9.17, 15) is 4.79 Å². The topological polar surface area (TPSA) is 26.3 Å². The smallest absolute Gasteiger partial charge is 0.331 e. The fourth-order valence-corrected chi connectivity index (χ4v) is 7.29. The van der Waals surface area contributed by atoms with Gasteiger partial charge in [-0.2, -0.15) is 0 Å². The first-order valence-corrected chi connectivity index (χ1v) is 11.6. The normalized spacial score (nSPS) is 19.2. The molecule has 29 heavy (non-hydrogen) atoms. The molecule has 1 unspecified atom stereocenters. The number of benzene rings is 3. The van der Waals surface area contributed by atoms with E-state index in [1.54, 1.807) is 6.08 Å². The molecule has 3 aromatic carbocycles. The van der Waals surface area contributed by atoms with Crippen molar-refractivity contribution < 1.29 is 9.53 Å². The molecule has 0 spiro atoms. The highest BCUT2D eigenvalue weighted by Crippen LogP contribution is 2.64. The number of ether oxygens (including phenoxy) is 1. The molecule has 4 rings (SSSR count). The number of allylic oxidation sites excluding steroid dienone is 1. The maximum atomic E-state index is 12.6. The van der Waals surface area contributed by atoms with Crippen molar-refractivity contribution in [1.29, 1.82) is 0 Å². The lowest BCUT2D eigenvalue weighted by Crippen LogP contribution is -2.27. The second-order valence-electron chi connectivity index (χ2n) is 7.16. The van der Waals surface area contributed by atoms with Crippen LogP contribution in [0.2, 0.25) is 0 Å². The van der Waals surface area contributed by atoms with Crippen LogP contribution in [0.15, 0.2) is 102 Å². The van der Waals surface area contributed by atoms with Gasteiger partial charge in [-0.05, 0) is 49.2 Å². The summed E-state index contributed by atoms with van der Waals surface area (Å²) < 4.78 is 5.35. The van der Waals surface area contributed by atoms with E-state index < -0.39 is 7.92 Å². The van der Waals surface area contributed by atoms with E-state index >= 15 is 0 Å². The lowest BCUT2D eigenvalue weighted by atomic mass is 9.72. The molecule has 146 valence electrons. The number of esters is 1. The molecule has 3 aromatic rings. The Labute approximate surface area is 174 Å². The molecule has 1 aliphatic rings. The van der Waals surface area contributed by atoms with Crippen LogP contribution in [0.4, 0.5) is 0 Å². The summed E-state index contributed by atoms with van der Waals surface area (Å²) in [5.41, 5.74) is 2.17. The van der Waals surface area contributed by atoms with E-state index in [4.69, 9.17) is 4.74 Å². The first-order valence-electron chi connectivity index (χ1n) is 10.1. The molecule has 0 N–H and O–H groups in total. The molecule has 0 aromatic heterocycles. The van der Waals surface area contributed by atoms with Crippen molar-refractivity contribution in [2.45, 2.75) is 18.8 Å². The Morgan fingerprint density at radius 1 is 0.897 bits per heavy atom. The molecule has 1 saturated heterocycles. The van der Waals surface area contributed by atoms with Gasteiger partial charge in [-0.25, -0.2) is 4.79 Å². The minimum Gasteiger partial charge on any atom is -0.463 e. The monoisotopic (exact) mass is 400 g/mol. The lowest BCUT2D eigenvalue weighted by molar-refractivity contribution is -0.137. The van der Waals surface area contributed by atoms with Crippen LogP contribution < -0.4 is 5.30 Å². The minimum atomic E-state index is -0.622. The molecule has 0 bridgehead atoms. The largest absolute Gasteiger partial charge is 0.463 e. The predicted molar refractivity (Wildman–Crippen MR) is 121 cm³/mol. The summed E-state index contributed by atoms with van der Waals surface area (Å²) in [7, 11) is -0.622. The standard InChI is InChI=1S/C26H25O2P/c1-2-28-25(27)20-24-26(21-12-6-3-7-13-21,22-14-8-4-9-15-22)18-19-29(24)23-16-10-5-11-17-23/h3-17,20H,2,18-19H2,1H3/b24-20+. The van der Waals surface area contributed by atoms with Crippen molar-refractivity contribution in [3.63, 3.8) is 0 Å². The maximum Gasteiger partial charge on any atom is 0.331 e. The highest BCUT2D eigenvalue weighted by molar-refractivity contribution is 7.70. The van der Waals surface area contributed by atoms with Crippen molar-refractivity contribution in [3.05, 3.63) is 114 Å². The molecule has 3 heteroatoms. The van der Waals surface area contributed by atoms with Gasteiger partial charge in [0.1, 0.15) is 0 Å². The zero-order valence-corrected chi connectivity index (χ0v) is 17.5. The highest BCUT2D eigenvalue weighted by Gasteiger charge is 2.47. The van der Waals surface area contributed by atoms with E-state index in [0.717, 1.165) is 12.6 Å². The van der Waals surface area contributed by atoms with Gasteiger partial charge in [-0.3, -0.25) is 0 Å². The van der Waals surface area contributed by atoms with Gasteiger partial charge in [0.25, 0.3) is 0 Å². The number of hydrogen-bond acceptors (Lipinski definition) is 2. The summed E-state index contributed by atoms with van der Waals surface area (Å²) in [6.07, 6.45) is 3.82. The molecule has 1 fully saturated rings. The second-order valence-corrected chi connectivity index (χ2v) is 9.46. The minimum absolute atomic E-state index is 0.246. The first-order chi connectivity index (χ1) is 14.3. The third-order valence-electron chi connectivity index (χ3n) is 5.58. The fraction of sp³-hybridized carbons (Fsp3) is 0.192. The van der Waals surface area contributed by atoms with E-state index in [0.29, 0.717) is 6.61 Å². The van der Waals surface area contributed by atoms with Crippen LogP contribution in [0.1, 0.15) is 24.5 Å². The van der Waals surface area contributed by atoms with Gasteiger partial charge in [-0.15, -0.1) is 0 Å². The van der Waals surface area contributed by atoms with Gasteiger partial charge < -0.3 is 4.74 Å². The molecule has 1 atom stereocenters. The Kier molecular flexibility index (Phi) is 5.92.